The van der Waals surface area contributed by atoms with Crippen molar-refractivity contribution in [3.8, 4) is 17.2 Å². The number of nitrogens with zero attached hydrogens (tertiary/aromatic N) is 3. The predicted octanol–water partition coefficient (Wildman–Crippen LogP) is 3.56. The lowest BCUT2D eigenvalue weighted by atomic mass is 9.96. The van der Waals surface area contributed by atoms with Gasteiger partial charge in [-0.2, -0.15) is 0 Å². The van der Waals surface area contributed by atoms with E-state index < -0.39 is 0 Å². The van der Waals surface area contributed by atoms with Crippen LogP contribution in [0.3, 0.4) is 0 Å². The van der Waals surface area contributed by atoms with E-state index in [1.54, 1.807) is 31.4 Å². The van der Waals surface area contributed by atoms with Gasteiger partial charge in [-0.1, -0.05) is 5.10 Å². The zero-order valence-corrected chi connectivity index (χ0v) is 18.0. The van der Waals surface area contributed by atoms with Crippen LogP contribution in [0.2, 0.25) is 0 Å². The summed E-state index contributed by atoms with van der Waals surface area (Å²) < 4.78 is 11.0. The van der Waals surface area contributed by atoms with E-state index in [2.05, 4.69) is 20.8 Å². The topological polar surface area (TPSA) is 110 Å². The SMILES string of the molecule is COc1ccc(-c2nnc(N3CCC(C(=O)Nc4ccc(NC(C)=O)cc4)CC3)o2)cc1. The summed E-state index contributed by atoms with van der Waals surface area (Å²) in [5, 5.41) is 14.0. The highest BCUT2D eigenvalue weighted by Gasteiger charge is 2.27. The number of hydrogen-bond donors (Lipinski definition) is 2. The van der Waals surface area contributed by atoms with Gasteiger partial charge in [-0.25, -0.2) is 0 Å². The summed E-state index contributed by atoms with van der Waals surface area (Å²) in [7, 11) is 1.62. The van der Waals surface area contributed by atoms with Crippen LogP contribution < -0.4 is 20.3 Å². The van der Waals surface area contributed by atoms with Crippen molar-refractivity contribution < 1.29 is 18.7 Å². The van der Waals surface area contributed by atoms with E-state index in [9.17, 15) is 9.59 Å². The van der Waals surface area contributed by atoms with Crippen LogP contribution in [0.15, 0.2) is 52.9 Å². The Morgan fingerprint density at radius 3 is 2.19 bits per heavy atom. The average molecular weight is 435 g/mol. The highest BCUT2D eigenvalue weighted by atomic mass is 16.5. The Kier molecular flexibility index (Phi) is 6.34. The molecule has 2 aromatic carbocycles. The molecular formula is C23H25N5O4. The lowest BCUT2D eigenvalue weighted by Crippen LogP contribution is -2.38. The number of piperidine rings is 1. The Morgan fingerprint density at radius 2 is 1.59 bits per heavy atom. The van der Waals surface area contributed by atoms with Gasteiger partial charge >= 0.3 is 6.01 Å². The molecule has 1 aliphatic rings. The van der Waals surface area contributed by atoms with Gasteiger partial charge in [-0.15, -0.1) is 5.10 Å². The van der Waals surface area contributed by atoms with Crippen molar-refractivity contribution in [2.24, 2.45) is 5.92 Å². The number of aromatic nitrogens is 2. The molecule has 0 saturated carbocycles. The highest BCUT2D eigenvalue weighted by molar-refractivity contribution is 5.93. The number of carbonyl (C=O) groups excluding carboxylic acids is 2. The summed E-state index contributed by atoms with van der Waals surface area (Å²) in [5.41, 5.74) is 2.22. The summed E-state index contributed by atoms with van der Waals surface area (Å²) in [6.07, 6.45) is 1.38. The molecule has 9 nitrogen and oxygen atoms in total. The zero-order chi connectivity index (χ0) is 22.5. The number of ether oxygens (including phenoxy) is 1. The molecule has 0 unspecified atom stereocenters. The van der Waals surface area contributed by atoms with Gasteiger partial charge in [0.25, 0.3) is 0 Å². The average Bonchev–Trinajstić information content (AvgIpc) is 3.30. The van der Waals surface area contributed by atoms with Gasteiger partial charge in [0.1, 0.15) is 5.75 Å². The van der Waals surface area contributed by atoms with Gasteiger partial charge in [0.05, 0.1) is 7.11 Å². The molecule has 0 bridgehead atoms. The molecule has 32 heavy (non-hydrogen) atoms. The van der Waals surface area contributed by atoms with E-state index >= 15 is 0 Å². The van der Waals surface area contributed by atoms with Crippen molar-refractivity contribution in [3.05, 3.63) is 48.5 Å². The lowest BCUT2D eigenvalue weighted by Gasteiger charge is -2.29. The lowest BCUT2D eigenvalue weighted by molar-refractivity contribution is -0.120. The van der Waals surface area contributed by atoms with E-state index in [4.69, 9.17) is 9.15 Å². The van der Waals surface area contributed by atoms with E-state index in [1.807, 2.05) is 29.2 Å². The monoisotopic (exact) mass is 435 g/mol. The third-order valence-electron chi connectivity index (χ3n) is 5.36. The molecule has 2 amide bonds. The van der Waals surface area contributed by atoms with Gasteiger partial charge in [0.15, 0.2) is 0 Å². The van der Waals surface area contributed by atoms with Gasteiger partial charge in [-0.3, -0.25) is 9.59 Å². The van der Waals surface area contributed by atoms with Crippen LogP contribution in [0, 0.1) is 5.92 Å². The fourth-order valence-electron chi connectivity index (χ4n) is 3.61. The van der Waals surface area contributed by atoms with Crippen LogP contribution in [0.1, 0.15) is 19.8 Å². The Hall–Kier alpha value is -3.88. The van der Waals surface area contributed by atoms with Gasteiger partial charge in [0.2, 0.25) is 17.7 Å². The Morgan fingerprint density at radius 1 is 0.969 bits per heavy atom. The van der Waals surface area contributed by atoms with Crippen molar-refractivity contribution in [2.45, 2.75) is 19.8 Å². The van der Waals surface area contributed by atoms with E-state index in [0.29, 0.717) is 49.2 Å². The van der Waals surface area contributed by atoms with Crippen molar-refractivity contribution >= 4 is 29.2 Å². The maximum atomic E-state index is 12.7. The minimum Gasteiger partial charge on any atom is -0.497 e. The molecule has 2 heterocycles. The smallest absolute Gasteiger partial charge is 0.318 e. The number of hydrogen-bond acceptors (Lipinski definition) is 7. The molecule has 1 aromatic heterocycles. The number of carbonyl (C=O) groups is 2. The molecule has 0 spiro atoms. The van der Waals surface area contributed by atoms with Crippen LogP contribution in [0.5, 0.6) is 5.75 Å². The third kappa shape index (κ3) is 5.05. The zero-order valence-electron chi connectivity index (χ0n) is 18.0. The molecular weight excluding hydrogens is 410 g/mol. The quantitative estimate of drug-likeness (QED) is 0.609. The number of nitrogens with one attached hydrogen (secondary N) is 2. The first-order chi connectivity index (χ1) is 15.5. The second kappa shape index (κ2) is 9.51. The molecule has 166 valence electrons. The molecule has 3 aromatic rings. The molecule has 0 radical (unpaired) electrons. The maximum Gasteiger partial charge on any atom is 0.318 e. The van der Waals surface area contributed by atoms with Crippen LogP contribution in [0.4, 0.5) is 17.4 Å². The highest BCUT2D eigenvalue weighted by Crippen LogP contribution is 2.27. The fraction of sp³-hybridized carbons (Fsp3) is 0.304. The van der Waals surface area contributed by atoms with E-state index in [-0.39, 0.29) is 17.7 Å². The Labute approximate surface area is 185 Å². The molecule has 1 aliphatic heterocycles. The molecule has 0 aliphatic carbocycles. The Bertz CT molecular complexity index is 1070. The predicted molar refractivity (Wildman–Crippen MR) is 121 cm³/mol. The summed E-state index contributed by atoms with van der Waals surface area (Å²) in [6.45, 7) is 2.77. The van der Waals surface area contributed by atoms with Crippen molar-refractivity contribution in [3.63, 3.8) is 0 Å². The number of methoxy groups -OCH3 is 1. The minimum absolute atomic E-state index is 0.0126. The van der Waals surface area contributed by atoms with Crippen molar-refractivity contribution in [2.75, 3.05) is 35.7 Å². The number of amides is 2. The van der Waals surface area contributed by atoms with E-state index in [0.717, 1.165) is 11.3 Å². The molecule has 9 heteroatoms. The standard InChI is InChI=1S/C23H25N5O4/c1-15(29)24-18-5-7-19(8-6-18)25-21(30)16-11-13-28(14-12-16)23-27-26-22(32-23)17-3-9-20(31-2)10-4-17/h3-10,16H,11-14H2,1-2H3,(H,24,29)(H,25,30). The number of anilines is 3. The summed E-state index contributed by atoms with van der Waals surface area (Å²) >= 11 is 0. The first-order valence-electron chi connectivity index (χ1n) is 10.4. The maximum absolute atomic E-state index is 12.7. The number of rotatable bonds is 6. The third-order valence-corrected chi connectivity index (χ3v) is 5.36. The summed E-state index contributed by atoms with van der Waals surface area (Å²) in [5.74, 6) is 0.972. The normalized spacial score (nSPS) is 14.1. The molecule has 2 N–H and O–H groups in total. The van der Waals surface area contributed by atoms with Crippen LogP contribution in [-0.4, -0.2) is 42.2 Å². The van der Waals surface area contributed by atoms with E-state index in [1.165, 1.54) is 6.92 Å². The number of benzene rings is 2. The van der Waals surface area contributed by atoms with Crippen LogP contribution in [0.25, 0.3) is 11.5 Å². The molecule has 0 atom stereocenters. The second-order valence-corrected chi connectivity index (χ2v) is 7.63. The summed E-state index contributed by atoms with van der Waals surface area (Å²) in [4.78, 5) is 25.8. The minimum atomic E-state index is -0.133. The largest absolute Gasteiger partial charge is 0.497 e. The van der Waals surface area contributed by atoms with Crippen LogP contribution in [-0.2, 0) is 9.59 Å². The van der Waals surface area contributed by atoms with Gasteiger partial charge in [-0.05, 0) is 61.4 Å². The molecule has 4 rings (SSSR count). The second-order valence-electron chi connectivity index (χ2n) is 7.63. The Balaban J connectivity index is 1.30. The summed E-state index contributed by atoms with van der Waals surface area (Å²) in [6, 6.07) is 15.0. The molecule has 1 fully saturated rings. The first-order valence-corrected chi connectivity index (χ1v) is 10.4. The fourth-order valence-corrected chi connectivity index (χ4v) is 3.61. The van der Waals surface area contributed by atoms with Gasteiger partial charge in [0, 0.05) is 42.9 Å². The van der Waals surface area contributed by atoms with Crippen molar-refractivity contribution in [1.82, 2.24) is 10.2 Å². The van der Waals surface area contributed by atoms with Crippen molar-refractivity contribution in [1.29, 1.82) is 0 Å². The first kappa shape index (κ1) is 21.4. The van der Waals surface area contributed by atoms with Crippen LogP contribution >= 0.6 is 0 Å². The molecule has 1 saturated heterocycles. The van der Waals surface area contributed by atoms with Gasteiger partial charge < -0.3 is 24.7 Å².